The second kappa shape index (κ2) is 5.94. The molecule has 0 atom stereocenters. The van der Waals surface area contributed by atoms with Crippen LogP contribution < -0.4 is 4.74 Å². The van der Waals surface area contributed by atoms with Gasteiger partial charge in [0.2, 0.25) is 0 Å². The van der Waals surface area contributed by atoms with Crippen molar-refractivity contribution in [3.8, 4) is 5.75 Å². The molecule has 0 saturated heterocycles. The minimum absolute atomic E-state index is 0.243. The molecule has 3 heteroatoms. The van der Waals surface area contributed by atoms with Gasteiger partial charge in [-0.05, 0) is 36.8 Å². The van der Waals surface area contributed by atoms with E-state index >= 15 is 0 Å². The van der Waals surface area contributed by atoms with Crippen LogP contribution in [0.2, 0.25) is 0 Å². The van der Waals surface area contributed by atoms with Crippen molar-refractivity contribution in [2.75, 3.05) is 20.0 Å². The van der Waals surface area contributed by atoms with Crippen molar-refractivity contribution in [2.24, 2.45) is 0 Å². The van der Waals surface area contributed by atoms with Crippen LogP contribution in [-0.2, 0) is 6.42 Å². The fourth-order valence-corrected chi connectivity index (χ4v) is 1.87. The normalized spacial score (nSPS) is 10.2. The highest BCUT2D eigenvalue weighted by molar-refractivity contribution is 7.98. The van der Waals surface area contributed by atoms with Gasteiger partial charge in [0.25, 0.3) is 0 Å². The first-order valence-electron chi connectivity index (χ1n) is 4.63. The van der Waals surface area contributed by atoms with Crippen molar-refractivity contribution in [3.63, 3.8) is 0 Å². The fraction of sp³-hybridized carbons (Fsp3) is 0.455. The second-order valence-corrected chi connectivity index (χ2v) is 3.86. The third kappa shape index (κ3) is 2.93. The van der Waals surface area contributed by atoms with Gasteiger partial charge in [0.15, 0.2) is 0 Å². The molecule has 1 aromatic rings. The van der Waals surface area contributed by atoms with Crippen molar-refractivity contribution < 1.29 is 9.84 Å². The van der Waals surface area contributed by atoms with Crippen LogP contribution in [0.15, 0.2) is 23.1 Å². The minimum Gasteiger partial charge on any atom is -0.496 e. The van der Waals surface area contributed by atoms with Gasteiger partial charge in [-0.3, -0.25) is 0 Å². The van der Waals surface area contributed by atoms with Crippen molar-refractivity contribution in [2.45, 2.75) is 17.7 Å². The number of thioether (sulfide) groups is 1. The van der Waals surface area contributed by atoms with Gasteiger partial charge < -0.3 is 9.84 Å². The summed E-state index contributed by atoms with van der Waals surface area (Å²) in [5.74, 6) is 0.924. The van der Waals surface area contributed by atoms with E-state index in [-0.39, 0.29) is 6.61 Å². The van der Waals surface area contributed by atoms with Crippen LogP contribution in [0.4, 0.5) is 0 Å². The van der Waals surface area contributed by atoms with Crippen molar-refractivity contribution >= 4 is 11.8 Å². The van der Waals surface area contributed by atoms with E-state index in [1.807, 2.05) is 12.3 Å². The molecule has 0 fully saturated rings. The van der Waals surface area contributed by atoms with E-state index in [4.69, 9.17) is 9.84 Å². The molecule has 0 spiro atoms. The molecular weight excluding hydrogens is 196 g/mol. The highest BCUT2D eigenvalue weighted by atomic mass is 32.2. The Morgan fingerprint density at radius 2 is 2.21 bits per heavy atom. The smallest absolute Gasteiger partial charge is 0.132 e. The number of benzene rings is 1. The molecule has 0 unspecified atom stereocenters. The standard InChI is InChI=1S/C11H16O2S/c1-13-10-8-9(4-3-7-12)5-6-11(10)14-2/h5-6,8,12H,3-4,7H2,1-2H3. The summed E-state index contributed by atoms with van der Waals surface area (Å²) >= 11 is 1.68. The lowest BCUT2D eigenvalue weighted by molar-refractivity contribution is 0.288. The number of aliphatic hydroxyl groups excluding tert-OH is 1. The molecular formula is C11H16O2S. The molecule has 0 bridgehead atoms. The van der Waals surface area contributed by atoms with Crippen LogP contribution in [-0.4, -0.2) is 25.1 Å². The highest BCUT2D eigenvalue weighted by Gasteiger charge is 2.02. The third-order valence-electron chi connectivity index (χ3n) is 2.07. The van der Waals surface area contributed by atoms with Gasteiger partial charge in [-0.2, -0.15) is 0 Å². The fourth-order valence-electron chi connectivity index (χ4n) is 1.32. The molecule has 0 radical (unpaired) electrons. The van der Waals surface area contributed by atoms with Crippen LogP contribution in [0.3, 0.4) is 0 Å². The van der Waals surface area contributed by atoms with Gasteiger partial charge in [0.1, 0.15) is 5.75 Å². The summed E-state index contributed by atoms with van der Waals surface area (Å²) in [6.07, 6.45) is 3.74. The number of aryl methyl sites for hydroxylation is 1. The minimum atomic E-state index is 0.243. The van der Waals surface area contributed by atoms with E-state index in [1.54, 1.807) is 18.9 Å². The zero-order valence-electron chi connectivity index (χ0n) is 8.62. The Bertz CT molecular complexity index is 287. The summed E-state index contributed by atoms with van der Waals surface area (Å²) in [4.78, 5) is 1.15. The first kappa shape index (κ1) is 11.4. The van der Waals surface area contributed by atoms with Crippen molar-refractivity contribution in [3.05, 3.63) is 23.8 Å². The number of ether oxygens (including phenoxy) is 1. The molecule has 2 nitrogen and oxygen atoms in total. The molecule has 0 aliphatic rings. The molecule has 0 saturated carbocycles. The molecule has 0 aromatic heterocycles. The van der Waals surface area contributed by atoms with Crippen molar-refractivity contribution in [1.29, 1.82) is 0 Å². The molecule has 14 heavy (non-hydrogen) atoms. The topological polar surface area (TPSA) is 29.5 Å². The van der Waals surface area contributed by atoms with Crippen molar-refractivity contribution in [1.82, 2.24) is 0 Å². The van der Waals surface area contributed by atoms with Crippen LogP contribution in [0, 0.1) is 0 Å². The van der Waals surface area contributed by atoms with Gasteiger partial charge >= 0.3 is 0 Å². The maximum Gasteiger partial charge on any atom is 0.132 e. The molecule has 1 N–H and O–H groups in total. The molecule has 1 rings (SSSR count). The van der Waals surface area contributed by atoms with Crippen LogP contribution in [0.25, 0.3) is 0 Å². The lowest BCUT2D eigenvalue weighted by Crippen LogP contribution is -1.92. The second-order valence-electron chi connectivity index (χ2n) is 3.02. The Balaban J connectivity index is 2.79. The quantitative estimate of drug-likeness (QED) is 0.760. The van der Waals surface area contributed by atoms with Crippen LogP contribution >= 0.6 is 11.8 Å². The van der Waals surface area contributed by atoms with Gasteiger partial charge in [-0.1, -0.05) is 6.07 Å². The van der Waals surface area contributed by atoms with E-state index in [0.717, 1.165) is 23.5 Å². The summed E-state index contributed by atoms with van der Waals surface area (Å²) in [5.41, 5.74) is 1.22. The average molecular weight is 212 g/mol. The Morgan fingerprint density at radius 1 is 1.43 bits per heavy atom. The molecule has 0 amide bonds. The largest absolute Gasteiger partial charge is 0.496 e. The van der Waals surface area contributed by atoms with E-state index in [9.17, 15) is 0 Å². The van der Waals surface area contributed by atoms with E-state index < -0.39 is 0 Å². The summed E-state index contributed by atoms with van der Waals surface area (Å²) in [5, 5.41) is 8.72. The number of hydrogen-bond donors (Lipinski definition) is 1. The van der Waals surface area contributed by atoms with Gasteiger partial charge in [-0.25, -0.2) is 0 Å². The molecule has 0 aliphatic carbocycles. The molecule has 0 heterocycles. The van der Waals surface area contributed by atoms with E-state index in [2.05, 4.69) is 12.1 Å². The number of methoxy groups -OCH3 is 1. The highest BCUT2D eigenvalue weighted by Crippen LogP contribution is 2.28. The Kier molecular flexibility index (Phi) is 4.84. The molecule has 0 aliphatic heterocycles. The van der Waals surface area contributed by atoms with Crippen LogP contribution in [0.5, 0.6) is 5.75 Å². The predicted molar refractivity (Wildman–Crippen MR) is 60.2 cm³/mol. The summed E-state index contributed by atoms with van der Waals surface area (Å²) in [6.45, 7) is 0.243. The Morgan fingerprint density at radius 3 is 2.79 bits per heavy atom. The van der Waals surface area contributed by atoms with Crippen LogP contribution in [0.1, 0.15) is 12.0 Å². The molecule has 1 aromatic carbocycles. The predicted octanol–water partition coefficient (Wildman–Crippen LogP) is 2.34. The van der Waals surface area contributed by atoms with Gasteiger partial charge in [-0.15, -0.1) is 11.8 Å². The zero-order chi connectivity index (χ0) is 10.4. The zero-order valence-corrected chi connectivity index (χ0v) is 9.43. The Hall–Kier alpha value is -0.670. The summed E-state index contributed by atoms with van der Waals surface area (Å²) < 4.78 is 5.27. The lowest BCUT2D eigenvalue weighted by atomic mass is 10.1. The average Bonchev–Trinajstić information content (AvgIpc) is 2.25. The first-order chi connectivity index (χ1) is 6.81. The molecule has 78 valence electrons. The summed E-state index contributed by atoms with van der Waals surface area (Å²) in [7, 11) is 1.69. The van der Waals surface area contributed by atoms with E-state index in [0.29, 0.717) is 0 Å². The number of aliphatic hydroxyl groups is 1. The van der Waals surface area contributed by atoms with Gasteiger partial charge in [0, 0.05) is 11.5 Å². The first-order valence-corrected chi connectivity index (χ1v) is 5.86. The maximum absolute atomic E-state index is 8.72. The third-order valence-corrected chi connectivity index (χ3v) is 2.85. The lowest BCUT2D eigenvalue weighted by Gasteiger charge is -2.08. The van der Waals surface area contributed by atoms with E-state index in [1.165, 1.54) is 5.56 Å². The summed E-state index contributed by atoms with van der Waals surface area (Å²) in [6, 6.07) is 6.20. The monoisotopic (exact) mass is 212 g/mol. The number of hydrogen-bond acceptors (Lipinski definition) is 3. The SMILES string of the molecule is COc1cc(CCCO)ccc1SC. The van der Waals surface area contributed by atoms with Gasteiger partial charge in [0.05, 0.1) is 7.11 Å². The maximum atomic E-state index is 8.72. The Labute approximate surface area is 89.3 Å². The number of rotatable bonds is 5.